The summed E-state index contributed by atoms with van der Waals surface area (Å²) in [5.74, 6) is -1.35. The summed E-state index contributed by atoms with van der Waals surface area (Å²) >= 11 is 3.27. The average Bonchev–Trinajstić information content (AvgIpc) is 2.43. The van der Waals surface area contributed by atoms with E-state index in [0.717, 1.165) is 10.9 Å². The second kappa shape index (κ2) is 6.51. The number of benzene rings is 1. The van der Waals surface area contributed by atoms with Crippen molar-refractivity contribution >= 4 is 34.0 Å². The Balaban J connectivity index is 1.97. The number of phenolic OH excluding ortho intramolecular Hbond substituents is 1. The molecular formula is C13H14BrN3O3. The molecule has 3 N–H and O–H groups in total. The molecular weight excluding hydrogens is 326 g/mol. The molecule has 20 heavy (non-hydrogen) atoms. The first-order valence-electron chi connectivity index (χ1n) is 6.17. The summed E-state index contributed by atoms with van der Waals surface area (Å²) in [7, 11) is 0. The lowest BCUT2D eigenvalue weighted by atomic mass is 9.98. The molecule has 1 aliphatic rings. The fraction of sp³-hybridized carbons (Fsp3) is 0.308. The Morgan fingerprint density at radius 1 is 1.55 bits per heavy atom. The normalized spacial score (nSPS) is 18.9. The molecule has 1 aromatic carbocycles. The molecule has 1 fully saturated rings. The van der Waals surface area contributed by atoms with Crippen LogP contribution in [0.15, 0.2) is 27.8 Å². The molecule has 2 amide bonds. The van der Waals surface area contributed by atoms with Gasteiger partial charge in [0.1, 0.15) is 11.7 Å². The molecule has 2 rings (SSSR count). The number of amides is 2. The number of nitrogens with one attached hydrogen (secondary N) is 2. The number of nitrogens with zero attached hydrogens (tertiary/aromatic N) is 1. The van der Waals surface area contributed by atoms with Crippen molar-refractivity contribution in [1.82, 2.24) is 10.7 Å². The predicted octanol–water partition coefficient (Wildman–Crippen LogP) is 1.13. The maximum absolute atomic E-state index is 11.8. The van der Waals surface area contributed by atoms with Gasteiger partial charge in [0.15, 0.2) is 0 Å². The van der Waals surface area contributed by atoms with Crippen molar-refractivity contribution in [2.45, 2.75) is 12.8 Å². The summed E-state index contributed by atoms with van der Waals surface area (Å²) in [4.78, 5) is 23.3. The Hall–Kier alpha value is -1.89. The van der Waals surface area contributed by atoms with Gasteiger partial charge < -0.3 is 10.4 Å². The van der Waals surface area contributed by atoms with Crippen molar-refractivity contribution in [1.29, 1.82) is 0 Å². The van der Waals surface area contributed by atoms with Gasteiger partial charge in [-0.25, -0.2) is 5.43 Å². The van der Waals surface area contributed by atoms with Crippen LogP contribution in [0, 0.1) is 5.92 Å². The van der Waals surface area contributed by atoms with E-state index in [1.807, 2.05) is 0 Å². The van der Waals surface area contributed by atoms with Crippen LogP contribution in [0.2, 0.25) is 0 Å². The maximum Gasteiger partial charge on any atom is 0.252 e. The molecule has 1 heterocycles. The van der Waals surface area contributed by atoms with Crippen LogP contribution in [0.4, 0.5) is 0 Å². The lowest BCUT2D eigenvalue weighted by Crippen LogP contribution is -2.43. The second-order valence-corrected chi connectivity index (χ2v) is 5.34. The Labute approximate surface area is 124 Å². The molecule has 6 nitrogen and oxygen atoms in total. The molecule has 0 aromatic heterocycles. The topological polar surface area (TPSA) is 90.8 Å². The van der Waals surface area contributed by atoms with Crippen molar-refractivity contribution in [2.75, 3.05) is 6.54 Å². The minimum Gasteiger partial charge on any atom is -0.507 e. The summed E-state index contributed by atoms with van der Waals surface area (Å²) in [6.07, 6.45) is 2.63. The smallest absolute Gasteiger partial charge is 0.252 e. The van der Waals surface area contributed by atoms with E-state index in [1.54, 1.807) is 12.1 Å². The Morgan fingerprint density at radius 3 is 3.10 bits per heavy atom. The van der Waals surface area contributed by atoms with Gasteiger partial charge in [-0.2, -0.15) is 5.10 Å². The molecule has 0 saturated carbocycles. The minimum atomic E-state index is -0.697. The van der Waals surface area contributed by atoms with Crippen molar-refractivity contribution in [3.05, 3.63) is 28.2 Å². The number of carbonyl (C=O) groups excluding carboxylic acids is 2. The zero-order valence-electron chi connectivity index (χ0n) is 10.6. The van der Waals surface area contributed by atoms with E-state index < -0.39 is 11.8 Å². The van der Waals surface area contributed by atoms with E-state index >= 15 is 0 Å². The number of hydrogen-bond acceptors (Lipinski definition) is 4. The van der Waals surface area contributed by atoms with Crippen LogP contribution < -0.4 is 10.7 Å². The van der Waals surface area contributed by atoms with Crippen LogP contribution >= 0.6 is 15.9 Å². The monoisotopic (exact) mass is 339 g/mol. The van der Waals surface area contributed by atoms with Gasteiger partial charge >= 0.3 is 0 Å². The summed E-state index contributed by atoms with van der Waals surface area (Å²) in [5, 5.41) is 16.0. The van der Waals surface area contributed by atoms with Gasteiger partial charge in [0.25, 0.3) is 5.91 Å². The van der Waals surface area contributed by atoms with E-state index in [2.05, 4.69) is 31.8 Å². The first kappa shape index (κ1) is 14.5. The number of halogens is 1. The van der Waals surface area contributed by atoms with Crippen molar-refractivity contribution in [3.63, 3.8) is 0 Å². The van der Waals surface area contributed by atoms with Gasteiger partial charge in [-0.15, -0.1) is 0 Å². The Bertz CT molecular complexity index is 560. The number of rotatable bonds is 3. The van der Waals surface area contributed by atoms with Crippen molar-refractivity contribution in [2.24, 2.45) is 11.0 Å². The fourth-order valence-corrected chi connectivity index (χ4v) is 2.27. The zero-order valence-corrected chi connectivity index (χ0v) is 12.2. The van der Waals surface area contributed by atoms with Gasteiger partial charge in [0.2, 0.25) is 5.91 Å². The van der Waals surface area contributed by atoms with Gasteiger partial charge in [-0.1, -0.05) is 15.9 Å². The van der Waals surface area contributed by atoms with Crippen LogP contribution in [-0.2, 0) is 9.59 Å². The third-order valence-electron chi connectivity index (χ3n) is 2.97. The highest BCUT2D eigenvalue weighted by Crippen LogP contribution is 2.20. The molecule has 7 heteroatoms. The number of hydrazone groups is 1. The van der Waals surface area contributed by atoms with E-state index in [-0.39, 0.29) is 11.7 Å². The molecule has 0 aliphatic carbocycles. The van der Waals surface area contributed by atoms with Crippen LogP contribution in [0.25, 0.3) is 0 Å². The SMILES string of the molecule is O=C1NCCCC1C(=O)NN=Cc1cc(Br)ccc1O. The molecule has 0 bridgehead atoms. The highest BCUT2D eigenvalue weighted by molar-refractivity contribution is 9.10. The van der Waals surface area contributed by atoms with E-state index in [0.29, 0.717) is 18.5 Å². The maximum atomic E-state index is 11.8. The van der Waals surface area contributed by atoms with Crippen LogP contribution in [0.3, 0.4) is 0 Å². The Morgan fingerprint density at radius 2 is 2.35 bits per heavy atom. The molecule has 1 atom stereocenters. The molecule has 106 valence electrons. The number of phenols is 1. The summed E-state index contributed by atoms with van der Waals surface area (Å²) in [5.41, 5.74) is 2.79. The van der Waals surface area contributed by atoms with Gasteiger partial charge in [0, 0.05) is 16.6 Å². The van der Waals surface area contributed by atoms with Gasteiger partial charge in [0.05, 0.1) is 6.21 Å². The second-order valence-electron chi connectivity index (χ2n) is 4.42. The lowest BCUT2D eigenvalue weighted by Gasteiger charge is -2.19. The summed E-state index contributed by atoms with van der Waals surface area (Å²) in [6.45, 7) is 0.609. The number of carbonyl (C=O) groups is 2. The van der Waals surface area contributed by atoms with Gasteiger partial charge in [-0.05, 0) is 31.0 Å². The van der Waals surface area contributed by atoms with Crippen LogP contribution in [0.1, 0.15) is 18.4 Å². The third kappa shape index (κ3) is 3.57. The number of piperidine rings is 1. The fourth-order valence-electron chi connectivity index (χ4n) is 1.89. The molecule has 1 saturated heterocycles. The van der Waals surface area contributed by atoms with E-state index in [1.165, 1.54) is 12.3 Å². The van der Waals surface area contributed by atoms with E-state index in [9.17, 15) is 14.7 Å². The average molecular weight is 340 g/mol. The van der Waals surface area contributed by atoms with Crippen molar-refractivity contribution < 1.29 is 14.7 Å². The quantitative estimate of drug-likeness (QED) is 0.438. The molecule has 0 spiro atoms. The number of aromatic hydroxyl groups is 1. The highest BCUT2D eigenvalue weighted by atomic mass is 79.9. The van der Waals surface area contributed by atoms with Crippen LogP contribution in [0.5, 0.6) is 5.75 Å². The first-order chi connectivity index (χ1) is 9.58. The predicted molar refractivity (Wildman–Crippen MR) is 77.3 cm³/mol. The molecule has 0 radical (unpaired) electrons. The molecule has 1 unspecified atom stereocenters. The standard InChI is InChI=1S/C13H14BrN3O3/c14-9-3-4-11(18)8(6-9)7-16-17-13(20)10-2-1-5-15-12(10)19/h3-4,6-7,10,18H,1-2,5H2,(H,15,19)(H,17,20). The van der Waals surface area contributed by atoms with Crippen molar-refractivity contribution in [3.8, 4) is 5.75 Å². The zero-order chi connectivity index (χ0) is 14.5. The minimum absolute atomic E-state index is 0.0570. The van der Waals surface area contributed by atoms with E-state index in [4.69, 9.17) is 0 Å². The summed E-state index contributed by atoms with van der Waals surface area (Å²) < 4.78 is 0.787. The van der Waals surface area contributed by atoms with Gasteiger partial charge in [-0.3, -0.25) is 9.59 Å². The summed E-state index contributed by atoms with van der Waals surface area (Å²) in [6, 6.07) is 4.87. The molecule has 1 aliphatic heterocycles. The number of hydrogen-bond donors (Lipinski definition) is 3. The molecule has 1 aromatic rings. The largest absolute Gasteiger partial charge is 0.507 e. The van der Waals surface area contributed by atoms with Crippen LogP contribution in [-0.4, -0.2) is 29.7 Å². The Kier molecular flexibility index (Phi) is 4.73. The first-order valence-corrected chi connectivity index (χ1v) is 6.96. The lowest BCUT2D eigenvalue weighted by molar-refractivity contribution is -0.136. The third-order valence-corrected chi connectivity index (χ3v) is 3.46. The highest BCUT2D eigenvalue weighted by Gasteiger charge is 2.28.